The average Bonchev–Trinajstić information content (AvgIpc) is 2.44. The zero-order valence-electron chi connectivity index (χ0n) is 11.9. The highest BCUT2D eigenvalue weighted by Gasteiger charge is 2.11. The summed E-state index contributed by atoms with van der Waals surface area (Å²) in [5.41, 5.74) is 6.19. The molecule has 4 N–H and O–H groups in total. The van der Waals surface area contributed by atoms with E-state index < -0.39 is 6.04 Å². The first kappa shape index (κ1) is 19.7. The molecular formula is C14H21Cl2N3O2. The predicted octanol–water partition coefficient (Wildman–Crippen LogP) is 1.74. The summed E-state index contributed by atoms with van der Waals surface area (Å²) in [4.78, 5) is 23.3. The van der Waals surface area contributed by atoms with Crippen LogP contribution < -0.4 is 16.4 Å². The van der Waals surface area contributed by atoms with Crippen LogP contribution in [0.15, 0.2) is 24.3 Å². The second-order valence-corrected chi connectivity index (χ2v) is 4.89. The Morgan fingerprint density at radius 2 is 1.76 bits per heavy atom. The molecule has 1 atom stereocenters. The summed E-state index contributed by atoms with van der Waals surface area (Å²) in [5.74, 6) is -0.388. The zero-order chi connectivity index (χ0) is 15.0. The van der Waals surface area contributed by atoms with E-state index in [0.29, 0.717) is 30.1 Å². The average molecular weight is 334 g/mol. The summed E-state index contributed by atoms with van der Waals surface area (Å²) < 4.78 is 0. The standard InChI is InChI=1S/C14H20ClN3O2.ClH/c1-2-3-12(16)14(20)18-9-8-17-13(19)10-4-6-11(15)7-5-10;/h4-7,12H,2-3,8-9,16H2,1H3,(H,17,19)(H,18,20);1H. The Hall–Kier alpha value is -1.30. The number of benzene rings is 1. The van der Waals surface area contributed by atoms with Crippen LogP contribution in [0.5, 0.6) is 0 Å². The van der Waals surface area contributed by atoms with Gasteiger partial charge in [-0.1, -0.05) is 24.9 Å². The molecule has 0 aliphatic rings. The molecule has 1 rings (SSSR count). The smallest absolute Gasteiger partial charge is 0.251 e. The molecular weight excluding hydrogens is 313 g/mol. The lowest BCUT2D eigenvalue weighted by molar-refractivity contribution is -0.122. The highest BCUT2D eigenvalue weighted by Crippen LogP contribution is 2.09. The lowest BCUT2D eigenvalue weighted by Gasteiger charge is -2.11. The molecule has 0 bridgehead atoms. The van der Waals surface area contributed by atoms with Crippen molar-refractivity contribution in [3.05, 3.63) is 34.9 Å². The fraction of sp³-hybridized carbons (Fsp3) is 0.429. The van der Waals surface area contributed by atoms with E-state index in [-0.39, 0.29) is 24.2 Å². The van der Waals surface area contributed by atoms with E-state index in [0.717, 1.165) is 6.42 Å². The lowest BCUT2D eigenvalue weighted by Crippen LogP contribution is -2.43. The molecule has 0 aliphatic heterocycles. The third-order valence-corrected chi connectivity index (χ3v) is 3.00. The number of amides is 2. The van der Waals surface area contributed by atoms with E-state index in [1.807, 2.05) is 6.92 Å². The Balaban J connectivity index is 0.00000400. The first-order chi connectivity index (χ1) is 9.54. The maximum atomic E-state index is 11.7. The summed E-state index contributed by atoms with van der Waals surface area (Å²) in [6.45, 7) is 2.68. The number of hydrogen-bond acceptors (Lipinski definition) is 3. The molecule has 2 amide bonds. The molecule has 0 heterocycles. The number of nitrogens with one attached hydrogen (secondary N) is 2. The molecule has 5 nitrogen and oxygen atoms in total. The van der Waals surface area contributed by atoms with Gasteiger partial charge < -0.3 is 16.4 Å². The van der Waals surface area contributed by atoms with Crippen molar-refractivity contribution in [1.29, 1.82) is 0 Å². The summed E-state index contributed by atoms with van der Waals surface area (Å²) in [6.07, 6.45) is 1.52. The molecule has 0 saturated heterocycles. The van der Waals surface area contributed by atoms with Crippen LogP contribution in [0.1, 0.15) is 30.1 Å². The van der Waals surface area contributed by atoms with Crippen LogP contribution in [0.25, 0.3) is 0 Å². The number of hydrogen-bond donors (Lipinski definition) is 3. The highest BCUT2D eigenvalue weighted by atomic mass is 35.5. The molecule has 21 heavy (non-hydrogen) atoms. The van der Waals surface area contributed by atoms with Crippen molar-refractivity contribution in [2.45, 2.75) is 25.8 Å². The monoisotopic (exact) mass is 333 g/mol. The Labute approximate surface area is 136 Å². The topological polar surface area (TPSA) is 84.2 Å². The van der Waals surface area contributed by atoms with Gasteiger partial charge in [-0.25, -0.2) is 0 Å². The van der Waals surface area contributed by atoms with Gasteiger partial charge in [0.05, 0.1) is 6.04 Å². The van der Waals surface area contributed by atoms with Crippen LogP contribution in [0, 0.1) is 0 Å². The number of halogens is 2. The van der Waals surface area contributed by atoms with Crippen LogP contribution in [0.4, 0.5) is 0 Å². The summed E-state index contributed by atoms with van der Waals surface area (Å²) in [5, 5.41) is 5.97. The van der Waals surface area contributed by atoms with E-state index in [2.05, 4.69) is 10.6 Å². The summed E-state index contributed by atoms with van der Waals surface area (Å²) in [6, 6.07) is 6.12. The maximum absolute atomic E-state index is 11.7. The minimum atomic E-state index is -0.480. The SMILES string of the molecule is CCCC(N)C(=O)NCCNC(=O)c1ccc(Cl)cc1.Cl. The van der Waals surface area contributed by atoms with Crippen molar-refractivity contribution in [3.63, 3.8) is 0 Å². The van der Waals surface area contributed by atoms with Crippen LogP contribution in [0.3, 0.4) is 0 Å². The number of carbonyl (C=O) groups is 2. The Morgan fingerprint density at radius 1 is 1.19 bits per heavy atom. The molecule has 0 saturated carbocycles. The quantitative estimate of drug-likeness (QED) is 0.664. The first-order valence-corrected chi connectivity index (χ1v) is 6.99. The third kappa shape index (κ3) is 7.32. The van der Waals surface area contributed by atoms with Crippen molar-refractivity contribution in [2.24, 2.45) is 5.73 Å². The predicted molar refractivity (Wildman–Crippen MR) is 86.9 cm³/mol. The molecule has 0 fully saturated rings. The Morgan fingerprint density at radius 3 is 2.33 bits per heavy atom. The fourth-order valence-corrected chi connectivity index (χ4v) is 1.76. The van der Waals surface area contributed by atoms with Gasteiger partial charge in [0.15, 0.2) is 0 Å². The van der Waals surface area contributed by atoms with Gasteiger partial charge in [-0.3, -0.25) is 9.59 Å². The molecule has 0 spiro atoms. The van der Waals surface area contributed by atoms with E-state index in [1.54, 1.807) is 24.3 Å². The van der Waals surface area contributed by atoms with Crippen molar-refractivity contribution in [1.82, 2.24) is 10.6 Å². The number of carbonyl (C=O) groups excluding carboxylic acids is 2. The minimum Gasteiger partial charge on any atom is -0.353 e. The van der Waals surface area contributed by atoms with Gasteiger partial charge in [-0.15, -0.1) is 12.4 Å². The number of rotatable bonds is 7. The lowest BCUT2D eigenvalue weighted by atomic mass is 10.2. The molecule has 1 aromatic carbocycles. The van der Waals surface area contributed by atoms with Gasteiger partial charge in [0, 0.05) is 23.7 Å². The van der Waals surface area contributed by atoms with E-state index in [9.17, 15) is 9.59 Å². The zero-order valence-corrected chi connectivity index (χ0v) is 13.5. The molecule has 7 heteroatoms. The largest absolute Gasteiger partial charge is 0.353 e. The van der Waals surface area contributed by atoms with Crippen LogP contribution in [0.2, 0.25) is 5.02 Å². The maximum Gasteiger partial charge on any atom is 0.251 e. The van der Waals surface area contributed by atoms with Gasteiger partial charge in [0.2, 0.25) is 5.91 Å². The fourth-order valence-electron chi connectivity index (χ4n) is 1.64. The van der Waals surface area contributed by atoms with Gasteiger partial charge in [-0.2, -0.15) is 0 Å². The van der Waals surface area contributed by atoms with E-state index in [4.69, 9.17) is 17.3 Å². The van der Waals surface area contributed by atoms with E-state index in [1.165, 1.54) is 0 Å². The van der Waals surface area contributed by atoms with Crippen molar-refractivity contribution < 1.29 is 9.59 Å². The molecule has 1 unspecified atom stereocenters. The first-order valence-electron chi connectivity index (χ1n) is 6.61. The van der Waals surface area contributed by atoms with Crippen LogP contribution >= 0.6 is 24.0 Å². The van der Waals surface area contributed by atoms with Gasteiger partial charge >= 0.3 is 0 Å². The third-order valence-electron chi connectivity index (χ3n) is 2.75. The Bertz CT molecular complexity index is 452. The second kappa shape index (κ2) is 10.4. The minimum absolute atomic E-state index is 0. The van der Waals surface area contributed by atoms with Gasteiger partial charge in [0.1, 0.15) is 0 Å². The van der Waals surface area contributed by atoms with Crippen LogP contribution in [-0.4, -0.2) is 30.9 Å². The van der Waals surface area contributed by atoms with Crippen molar-refractivity contribution in [3.8, 4) is 0 Å². The van der Waals surface area contributed by atoms with Crippen molar-refractivity contribution in [2.75, 3.05) is 13.1 Å². The van der Waals surface area contributed by atoms with E-state index >= 15 is 0 Å². The van der Waals surface area contributed by atoms with Crippen LogP contribution in [-0.2, 0) is 4.79 Å². The highest BCUT2D eigenvalue weighted by molar-refractivity contribution is 6.30. The van der Waals surface area contributed by atoms with Gasteiger partial charge in [-0.05, 0) is 30.7 Å². The number of nitrogens with two attached hydrogens (primary N) is 1. The normalized spacial score (nSPS) is 11.2. The molecule has 0 aliphatic carbocycles. The molecule has 118 valence electrons. The Kier molecular flexibility index (Phi) is 9.78. The molecule has 0 aromatic heterocycles. The summed E-state index contributed by atoms with van der Waals surface area (Å²) >= 11 is 5.74. The molecule has 1 aromatic rings. The summed E-state index contributed by atoms with van der Waals surface area (Å²) in [7, 11) is 0. The second-order valence-electron chi connectivity index (χ2n) is 4.45. The van der Waals surface area contributed by atoms with Crippen molar-refractivity contribution >= 4 is 35.8 Å². The molecule has 0 radical (unpaired) electrons. The van der Waals surface area contributed by atoms with Gasteiger partial charge in [0.25, 0.3) is 5.91 Å².